The lowest BCUT2D eigenvalue weighted by molar-refractivity contribution is -0.498. The van der Waals surface area contributed by atoms with Gasteiger partial charge in [0.25, 0.3) is 6.54 Å². The second-order valence-electron chi connectivity index (χ2n) is 1.81. The van der Waals surface area contributed by atoms with E-state index >= 15 is 0 Å². The van der Waals surface area contributed by atoms with E-state index in [2.05, 4.69) is 25.9 Å². The molecule has 1 aromatic rings. The van der Waals surface area contributed by atoms with Crippen LogP contribution in [0, 0.1) is 10.1 Å². The fourth-order valence-electron chi connectivity index (χ4n) is 0.536. The molecule has 0 fully saturated rings. The van der Waals surface area contributed by atoms with Gasteiger partial charge in [-0.3, -0.25) is 10.1 Å². The molecule has 5 nitrogen and oxygen atoms in total. The molecule has 0 aliphatic rings. The van der Waals surface area contributed by atoms with Crippen LogP contribution in [0.3, 0.4) is 0 Å². The average molecular weight is 218 g/mol. The molecule has 6 heteroatoms. The summed E-state index contributed by atoms with van der Waals surface area (Å²) in [4.78, 5) is 16.9. The highest BCUT2D eigenvalue weighted by Gasteiger charge is 2.02. The number of nitro groups is 1. The highest BCUT2D eigenvalue weighted by atomic mass is 79.9. The maximum Gasteiger partial charge on any atom is 0.262 e. The fraction of sp³-hybridized carbons (Fsp3) is 0.200. The molecule has 0 radical (unpaired) electrons. The molecule has 0 amide bonds. The summed E-state index contributed by atoms with van der Waals surface area (Å²) in [5.74, 6) is 0.221. The Hall–Kier alpha value is -1.04. The first kappa shape index (κ1) is 8.06. The molecule has 0 aromatic carbocycles. The Morgan fingerprint density at radius 3 is 2.55 bits per heavy atom. The lowest BCUT2D eigenvalue weighted by atomic mass is 10.5. The summed E-state index contributed by atoms with van der Waals surface area (Å²) in [5.41, 5.74) is 0. The molecule has 0 atom stereocenters. The Kier molecular flexibility index (Phi) is 2.48. The summed E-state index contributed by atoms with van der Waals surface area (Å²) >= 11 is 3.12. The second kappa shape index (κ2) is 3.38. The van der Waals surface area contributed by atoms with E-state index in [0.29, 0.717) is 4.47 Å². The second-order valence-corrected chi connectivity index (χ2v) is 2.72. The normalized spacial score (nSPS) is 9.55. The predicted molar refractivity (Wildman–Crippen MR) is 40.4 cm³/mol. The van der Waals surface area contributed by atoms with Crippen LogP contribution in [-0.4, -0.2) is 14.9 Å². The highest BCUT2D eigenvalue weighted by molar-refractivity contribution is 9.10. The molecule has 0 spiro atoms. The zero-order valence-electron chi connectivity index (χ0n) is 5.40. The molecular weight excluding hydrogens is 214 g/mol. The van der Waals surface area contributed by atoms with Crippen molar-refractivity contribution >= 4 is 15.9 Å². The van der Waals surface area contributed by atoms with Crippen molar-refractivity contribution in [2.45, 2.75) is 6.54 Å². The van der Waals surface area contributed by atoms with Crippen LogP contribution in [-0.2, 0) is 6.54 Å². The molecule has 0 saturated heterocycles. The van der Waals surface area contributed by atoms with E-state index in [4.69, 9.17) is 0 Å². The molecule has 11 heavy (non-hydrogen) atoms. The quantitative estimate of drug-likeness (QED) is 0.548. The van der Waals surface area contributed by atoms with E-state index in [1.165, 1.54) is 12.4 Å². The third kappa shape index (κ3) is 2.58. The average Bonchev–Trinajstić information content (AvgIpc) is 1.93. The van der Waals surface area contributed by atoms with Crippen LogP contribution >= 0.6 is 15.9 Å². The Bertz CT molecular complexity index is 261. The first-order chi connectivity index (χ1) is 5.18. The first-order valence-corrected chi connectivity index (χ1v) is 3.56. The summed E-state index contributed by atoms with van der Waals surface area (Å²) in [6, 6.07) is 0. The van der Waals surface area contributed by atoms with Crippen molar-refractivity contribution in [2.75, 3.05) is 0 Å². The van der Waals surface area contributed by atoms with Crippen molar-refractivity contribution in [1.82, 2.24) is 9.97 Å². The van der Waals surface area contributed by atoms with E-state index in [9.17, 15) is 10.1 Å². The molecule has 0 aliphatic carbocycles. The van der Waals surface area contributed by atoms with Crippen LogP contribution in [0.1, 0.15) is 5.82 Å². The van der Waals surface area contributed by atoms with Gasteiger partial charge in [0.1, 0.15) is 0 Å². The van der Waals surface area contributed by atoms with Gasteiger partial charge in [-0.25, -0.2) is 9.97 Å². The Labute approximate surface area is 70.8 Å². The Morgan fingerprint density at radius 1 is 1.55 bits per heavy atom. The molecule has 1 aromatic heterocycles. The van der Waals surface area contributed by atoms with E-state index in [0.717, 1.165) is 0 Å². The number of aromatic nitrogens is 2. The van der Waals surface area contributed by atoms with Crippen molar-refractivity contribution < 1.29 is 4.92 Å². The van der Waals surface area contributed by atoms with Crippen molar-refractivity contribution in [1.29, 1.82) is 0 Å². The van der Waals surface area contributed by atoms with Crippen LogP contribution in [0.15, 0.2) is 16.9 Å². The molecule has 1 heterocycles. The van der Waals surface area contributed by atoms with Crippen molar-refractivity contribution in [3.63, 3.8) is 0 Å². The third-order valence-electron chi connectivity index (χ3n) is 0.944. The molecule has 0 aliphatic heterocycles. The smallest absolute Gasteiger partial charge is 0.262 e. The van der Waals surface area contributed by atoms with Crippen molar-refractivity contribution in [2.24, 2.45) is 0 Å². The van der Waals surface area contributed by atoms with Gasteiger partial charge in [-0.1, -0.05) is 0 Å². The molecule has 0 saturated carbocycles. The Balaban J connectivity index is 2.74. The van der Waals surface area contributed by atoms with Gasteiger partial charge in [-0.2, -0.15) is 0 Å². The predicted octanol–water partition coefficient (Wildman–Crippen LogP) is 1.02. The van der Waals surface area contributed by atoms with E-state index in [1.54, 1.807) is 0 Å². The molecule has 1 rings (SSSR count). The number of nitrogens with zero attached hydrogens (tertiary/aromatic N) is 3. The zero-order chi connectivity index (χ0) is 8.27. The van der Waals surface area contributed by atoms with Crippen LogP contribution in [0.5, 0.6) is 0 Å². The minimum atomic E-state index is -0.469. The summed E-state index contributed by atoms with van der Waals surface area (Å²) in [6.07, 6.45) is 2.96. The van der Waals surface area contributed by atoms with Gasteiger partial charge < -0.3 is 0 Å². The lowest BCUT2D eigenvalue weighted by Gasteiger charge is -1.91. The summed E-state index contributed by atoms with van der Waals surface area (Å²) in [6.45, 7) is -0.326. The topological polar surface area (TPSA) is 68.9 Å². The van der Waals surface area contributed by atoms with Crippen molar-refractivity contribution in [3.8, 4) is 0 Å². The van der Waals surface area contributed by atoms with Gasteiger partial charge >= 0.3 is 0 Å². The van der Waals surface area contributed by atoms with Crippen LogP contribution in [0.4, 0.5) is 0 Å². The molecule has 0 unspecified atom stereocenters. The third-order valence-corrected chi connectivity index (χ3v) is 1.35. The minimum Gasteiger partial charge on any atom is -0.264 e. The van der Waals surface area contributed by atoms with Crippen LogP contribution in [0.25, 0.3) is 0 Å². The fourth-order valence-corrected chi connectivity index (χ4v) is 0.741. The van der Waals surface area contributed by atoms with Crippen molar-refractivity contribution in [3.05, 3.63) is 32.8 Å². The minimum absolute atomic E-state index is 0.221. The van der Waals surface area contributed by atoms with Gasteiger partial charge in [0.05, 0.1) is 4.47 Å². The zero-order valence-corrected chi connectivity index (χ0v) is 6.98. The number of rotatable bonds is 2. The SMILES string of the molecule is O=[N+]([O-])Cc1ncc(Br)cn1. The standard InChI is InChI=1S/C5H4BrN3O2/c6-4-1-7-5(8-2-4)3-9(10)11/h1-2H,3H2. The summed E-state index contributed by atoms with van der Waals surface area (Å²) in [5, 5.41) is 9.97. The van der Waals surface area contributed by atoms with Gasteiger partial charge in [-0.05, 0) is 15.9 Å². The maximum atomic E-state index is 9.97. The lowest BCUT2D eigenvalue weighted by Crippen LogP contribution is -2.02. The van der Waals surface area contributed by atoms with Crippen LogP contribution < -0.4 is 0 Å². The maximum absolute atomic E-state index is 9.97. The molecule has 0 bridgehead atoms. The first-order valence-electron chi connectivity index (χ1n) is 2.76. The van der Waals surface area contributed by atoms with Gasteiger partial charge in [0.2, 0.25) is 0 Å². The van der Waals surface area contributed by atoms with Crippen LogP contribution in [0.2, 0.25) is 0 Å². The van der Waals surface area contributed by atoms with Gasteiger partial charge in [-0.15, -0.1) is 0 Å². The van der Waals surface area contributed by atoms with E-state index < -0.39 is 4.92 Å². The number of halogens is 1. The van der Waals surface area contributed by atoms with E-state index in [-0.39, 0.29) is 12.4 Å². The molecule has 58 valence electrons. The van der Waals surface area contributed by atoms with Gasteiger partial charge in [0, 0.05) is 17.3 Å². The summed E-state index contributed by atoms with van der Waals surface area (Å²) in [7, 11) is 0. The molecular formula is C5H4BrN3O2. The highest BCUT2D eigenvalue weighted by Crippen LogP contribution is 2.04. The number of hydrogen-bond donors (Lipinski definition) is 0. The molecule has 0 N–H and O–H groups in total. The monoisotopic (exact) mass is 217 g/mol. The van der Waals surface area contributed by atoms with Gasteiger partial charge in [0.15, 0.2) is 5.82 Å². The summed E-state index contributed by atoms with van der Waals surface area (Å²) < 4.78 is 0.713. The Morgan fingerprint density at radius 2 is 2.09 bits per heavy atom. The van der Waals surface area contributed by atoms with E-state index in [1.807, 2.05) is 0 Å². The largest absolute Gasteiger partial charge is 0.264 e. The number of hydrogen-bond acceptors (Lipinski definition) is 4.